The summed E-state index contributed by atoms with van der Waals surface area (Å²) in [6.07, 6.45) is 3.84. The third-order valence-corrected chi connectivity index (χ3v) is 4.22. The first-order chi connectivity index (χ1) is 12.1. The Labute approximate surface area is 151 Å². The number of benzene rings is 1. The molecule has 0 spiro atoms. The van der Waals surface area contributed by atoms with Crippen LogP contribution in [-0.2, 0) is 22.8 Å². The summed E-state index contributed by atoms with van der Waals surface area (Å²) in [5.74, 6) is 0.847. The van der Waals surface area contributed by atoms with Gasteiger partial charge in [-0.15, -0.1) is 0 Å². The number of hydrogen-bond donors (Lipinski definition) is 1. The van der Waals surface area contributed by atoms with Gasteiger partial charge in [0.1, 0.15) is 5.82 Å². The van der Waals surface area contributed by atoms with Crippen LogP contribution in [0.25, 0.3) is 11.3 Å². The van der Waals surface area contributed by atoms with Gasteiger partial charge >= 0.3 is 0 Å². The van der Waals surface area contributed by atoms with Crippen molar-refractivity contribution in [2.45, 2.75) is 18.4 Å². The highest BCUT2D eigenvalue weighted by Gasteiger charge is 2.05. The topological polar surface area (TPSA) is 61.2 Å². The lowest BCUT2D eigenvalue weighted by Gasteiger charge is -2.09. The number of rotatable bonds is 7. The number of hydrogen-bond acceptors (Lipinski definition) is 6. The van der Waals surface area contributed by atoms with Gasteiger partial charge in [-0.05, 0) is 36.8 Å². The van der Waals surface area contributed by atoms with E-state index in [1.807, 2.05) is 49.8 Å². The van der Waals surface area contributed by atoms with Gasteiger partial charge in [-0.1, -0.05) is 12.1 Å². The molecule has 3 rings (SSSR count). The third-order valence-electron chi connectivity index (χ3n) is 3.55. The van der Waals surface area contributed by atoms with E-state index in [0.29, 0.717) is 6.54 Å². The quantitative estimate of drug-likeness (QED) is 0.392. The number of nitrogens with one attached hydrogen (secondary N) is 1. The fourth-order valence-corrected chi connectivity index (χ4v) is 2.81. The molecular formula is C18H20N4O2S. The predicted octanol–water partition coefficient (Wildman–Crippen LogP) is 3.99. The Morgan fingerprint density at radius 2 is 2.00 bits per heavy atom. The smallest absolute Gasteiger partial charge is 0.127 e. The van der Waals surface area contributed by atoms with Crippen molar-refractivity contribution in [3.8, 4) is 11.3 Å². The van der Waals surface area contributed by atoms with Crippen LogP contribution in [0.5, 0.6) is 0 Å². The average molecular weight is 356 g/mol. The molecule has 0 aliphatic rings. The van der Waals surface area contributed by atoms with Gasteiger partial charge in [-0.2, -0.15) is 9.43 Å². The Kier molecular flexibility index (Phi) is 5.70. The Hall–Kier alpha value is -2.35. The van der Waals surface area contributed by atoms with Crippen molar-refractivity contribution in [1.29, 1.82) is 0 Å². The van der Waals surface area contributed by atoms with Crippen molar-refractivity contribution in [3.63, 3.8) is 0 Å². The van der Waals surface area contributed by atoms with Crippen molar-refractivity contribution >= 4 is 17.9 Å². The van der Waals surface area contributed by atoms with Gasteiger partial charge in [0.15, 0.2) is 0 Å². The van der Waals surface area contributed by atoms with Crippen LogP contribution >= 0.6 is 12.0 Å². The van der Waals surface area contributed by atoms with E-state index >= 15 is 0 Å². The molecule has 0 radical (unpaired) electrons. The van der Waals surface area contributed by atoms with E-state index in [9.17, 15) is 0 Å². The molecule has 1 aromatic carbocycles. The molecule has 0 saturated heterocycles. The predicted molar refractivity (Wildman–Crippen MR) is 98.9 cm³/mol. The van der Waals surface area contributed by atoms with Crippen molar-refractivity contribution in [3.05, 3.63) is 59.9 Å². The van der Waals surface area contributed by atoms with Crippen LogP contribution in [0, 0.1) is 6.92 Å². The number of pyridine rings is 1. The molecule has 0 aliphatic carbocycles. The van der Waals surface area contributed by atoms with Crippen LogP contribution in [-0.4, -0.2) is 21.9 Å². The monoisotopic (exact) mass is 356 g/mol. The van der Waals surface area contributed by atoms with Crippen LogP contribution in [0.3, 0.4) is 0 Å². The molecule has 0 saturated carbocycles. The summed E-state index contributed by atoms with van der Waals surface area (Å²) >= 11 is 1.18. The van der Waals surface area contributed by atoms with E-state index < -0.39 is 0 Å². The van der Waals surface area contributed by atoms with Crippen molar-refractivity contribution in [2.24, 2.45) is 7.05 Å². The van der Waals surface area contributed by atoms with E-state index in [0.717, 1.165) is 33.1 Å². The summed E-state index contributed by atoms with van der Waals surface area (Å²) in [5, 5.41) is 7.54. The molecule has 0 fully saturated rings. The second-order valence-corrected chi connectivity index (χ2v) is 6.41. The number of aryl methyl sites for hydroxylation is 2. The SMILES string of the molecule is COOSc1ccc(-c2cc(C)cc(NCc3cnn(C)c3)n2)cc1. The first kappa shape index (κ1) is 17.5. The van der Waals surface area contributed by atoms with Crippen molar-refractivity contribution in [1.82, 2.24) is 14.8 Å². The molecule has 3 aromatic rings. The molecule has 25 heavy (non-hydrogen) atoms. The number of anilines is 1. The molecule has 1 N–H and O–H groups in total. The van der Waals surface area contributed by atoms with Gasteiger partial charge in [-0.3, -0.25) is 4.68 Å². The molecule has 0 aliphatic heterocycles. The minimum absolute atomic E-state index is 0.688. The highest BCUT2D eigenvalue weighted by Crippen LogP contribution is 2.25. The summed E-state index contributed by atoms with van der Waals surface area (Å²) < 4.78 is 6.65. The zero-order valence-electron chi connectivity index (χ0n) is 14.4. The zero-order chi connectivity index (χ0) is 17.6. The maximum Gasteiger partial charge on any atom is 0.127 e. The van der Waals surface area contributed by atoms with Crippen LogP contribution in [0.4, 0.5) is 5.82 Å². The molecule has 0 amide bonds. The van der Waals surface area contributed by atoms with Gasteiger partial charge in [-0.25, -0.2) is 9.87 Å². The van der Waals surface area contributed by atoms with Crippen LogP contribution in [0.2, 0.25) is 0 Å². The van der Waals surface area contributed by atoms with Crippen molar-refractivity contribution < 1.29 is 9.22 Å². The van der Waals surface area contributed by atoms with Gasteiger partial charge in [0.25, 0.3) is 0 Å². The molecule has 7 heteroatoms. The Morgan fingerprint density at radius 1 is 1.20 bits per heavy atom. The summed E-state index contributed by atoms with van der Waals surface area (Å²) in [6, 6.07) is 12.1. The maximum absolute atomic E-state index is 4.86. The second-order valence-electron chi connectivity index (χ2n) is 5.63. The molecule has 0 unspecified atom stereocenters. The molecule has 2 aromatic heterocycles. The summed E-state index contributed by atoms with van der Waals surface area (Å²) in [6.45, 7) is 2.75. The maximum atomic E-state index is 4.86. The summed E-state index contributed by atoms with van der Waals surface area (Å²) in [7, 11) is 3.39. The Balaban J connectivity index is 1.74. The third kappa shape index (κ3) is 4.82. The number of aromatic nitrogens is 3. The largest absolute Gasteiger partial charge is 0.366 e. The molecule has 0 atom stereocenters. The van der Waals surface area contributed by atoms with E-state index in [2.05, 4.69) is 28.3 Å². The Bertz CT molecular complexity index is 833. The van der Waals surface area contributed by atoms with E-state index in [-0.39, 0.29) is 0 Å². The average Bonchev–Trinajstić information content (AvgIpc) is 3.03. The van der Waals surface area contributed by atoms with E-state index in [4.69, 9.17) is 9.32 Å². The lowest BCUT2D eigenvalue weighted by atomic mass is 10.1. The van der Waals surface area contributed by atoms with Crippen LogP contribution < -0.4 is 5.32 Å². The fourth-order valence-electron chi connectivity index (χ4n) is 2.42. The lowest BCUT2D eigenvalue weighted by Crippen LogP contribution is -2.02. The number of nitrogens with zero attached hydrogens (tertiary/aromatic N) is 3. The molecule has 130 valence electrons. The highest BCUT2D eigenvalue weighted by atomic mass is 32.2. The van der Waals surface area contributed by atoms with Gasteiger partial charge < -0.3 is 5.32 Å². The first-order valence-corrected chi connectivity index (χ1v) is 8.56. The summed E-state index contributed by atoms with van der Waals surface area (Å²) in [4.78, 5) is 10.3. The summed E-state index contributed by atoms with van der Waals surface area (Å²) in [5.41, 5.74) is 4.25. The molecular weight excluding hydrogens is 336 g/mol. The minimum Gasteiger partial charge on any atom is -0.366 e. The highest BCUT2D eigenvalue weighted by molar-refractivity contribution is 7.94. The first-order valence-electron chi connectivity index (χ1n) is 7.82. The van der Waals surface area contributed by atoms with Crippen LogP contribution in [0.1, 0.15) is 11.1 Å². The fraction of sp³-hybridized carbons (Fsp3) is 0.222. The molecule has 2 heterocycles. The molecule has 6 nitrogen and oxygen atoms in total. The van der Waals surface area contributed by atoms with Crippen molar-refractivity contribution in [2.75, 3.05) is 12.4 Å². The van der Waals surface area contributed by atoms with E-state index in [1.54, 1.807) is 4.68 Å². The minimum atomic E-state index is 0.688. The van der Waals surface area contributed by atoms with Crippen LogP contribution in [0.15, 0.2) is 53.7 Å². The lowest BCUT2D eigenvalue weighted by molar-refractivity contribution is -0.160. The zero-order valence-corrected chi connectivity index (χ0v) is 15.2. The normalized spacial score (nSPS) is 10.8. The second kappa shape index (κ2) is 8.15. The standard InChI is InChI=1S/C18H20N4O2S/c1-13-8-17(15-4-6-16(7-5-15)25-24-23-3)21-18(9-13)19-10-14-11-20-22(2)12-14/h4-9,11-12H,10H2,1-3H3,(H,19,21). The van der Waals surface area contributed by atoms with E-state index in [1.165, 1.54) is 19.2 Å². The Morgan fingerprint density at radius 3 is 2.68 bits per heavy atom. The van der Waals surface area contributed by atoms with Gasteiger partial charge in [0.2, 0.25) is 0 Å². The van der Waals surface area contributed by atoms with Gasteiger partial charge in [0.05, 0.1) is 31.0 Å². The van der Waals surface area contributed by atoms with Gasteiger partial charge in [0, 0.05) is 35.8 Å². The molecule has 0 bridgehead atoms.